The van der Waals surface area contributed by atoms with Gasteiger partial charge in [-0.2, -0.15) is 0 Å². The van der Waals surface area contributed by atoms with Crippen molar-refractivity contribution in [2.45, 2.75) is 46.6 Å². The number of anilines is 1. The summed E-state index contributed by atoms with van der Waals surface area (Å²) >= 11 is 12.6. The van der Waals surface area contributed by atoms with E-state index in [1.807, 2.05) is 19.9 Å². The number of aromatic nitrogens is 2. The number of aryl methyl sites for hydroxylation is 1. The van der Waals surface area contributed by atoms with Gasteiger partial charge in [-0.1, -0.05) is 42.3 Å². The molecule has 2 heterocycles. The molecule has 2 N–H and O–H groups in total. The fourth-order valence-electron chi connectivity index (χ4n) is 3.69. The Morgan fingerprint density at radius 3 is 2.57 bits per heavy atom. The van der Waals surface area contributed by atoms with Crippen molar-refractivity contribution in [3.8, 4) is 11.3 Å². The van der Waals surface area contributed by atoms with E-state index in [0.29, 0.717) is 32.8 Å². The maximum Gasteiger partial charge on any atom is 0.360 e. The Hall–Kier alpha value is -1.89. The lowest BCUT2D eigenvalue weighted by molar-refractivity contribution is 0.0519. The van der Waals surface area contributed by atoms with Gasteiger partial charge in [0.15, 0.2) is 11.5 Å². The maximum atomic E-state index is 12.8. The molecule has 1 saturated heterocycles. The van der Waals surface area contributed by atoms with E-state index in [4.69, 9.17) is 38.7 Å². The van der Waals surface area contributed by atoms with Crippen LogP contribution >= 0.6 is 23.2 Å². The average Bonchev–Trinajstić information content (AvgIpc) is 2.71. The lowest BCUT2D eigenvalue weighted by Crippen LogP contribution is -2.47. The Morgan fingerprint density at radius 1 is 1.30 bits per heavy atom. The highest BCUT2D eigenvalue weighted by Crippen LogP contribution is 2.38. The highest BCUT2D eigenvalue weighted by atomic mass is 35.5. The molecule has 0 aliphatic carbocycles. The molecule has 0 saturated carbocycles. The minimum absolute atomic E-state index is 0.0668. The van der Waals surface area contributed by atoms with E-state index in [1.54, 1.807) is 19.1 Å². The fraction of sp³-hybridized carbons (Fsp3) is 0.500. The van der Waals surface area contributed by atoms with E-state index in [1.165, 1.54) is 0 Å². The van der Waals surface area contributed by atoms with Crippen molar-refractivity contribution in [1.82, 2.24) is 9.97 Å². The monoisotopic (exact) mass is 450 g/mol. The van der Waals surface area contributed by atoms with E-state index in [0.717, 1.165) is 25.9 Å². The molecule has 1 aliphatic rings. The van der Waals surface area contributed by atoms with Crippen LogP contribution in [0.5, 0.6) is 0 Å². The fourth-order valence-corrected chi connectivity index (χ4v) is 4.08. The van der Waals surface area contributed by atoms with Crippen molar-refractivity contribution in [2.24, 2.45) is 11.1 Å². The summed E-state index contributed by atoms with van der Waals surface area (Å²) in [4.78, 5) is 24.3. The van der Waals surface area contributed by atoms with Crippen molar-refractivity contribution >= 4 is 35.0 Å². The molecule has 30 heavy (non-hydrogen) atoms. The SMILES string of the molecule is CCOC(=O)c1nc(-c2cccc(Cl)c2Cl)c(C)nc1N1CCC(C)(C(C)N)CC1. The van der Waals surface area contributed by atoms with E-state index < -0.39 is 5.97 Å². The second kappa shape index (κ2) is 9.08. The van der Waals surface area contributed by atoms with Gasteiger partial charge in [0.1, 0.15) is 0 Å². The number of carbonyl (C=O) groups excluding carboxylic acids is 1. The predicted octanol–water partition coefficient (Wildman–Crippen LogP) is 4.89. The largest absolute Gasteiger partial charge is 0.461 e. The van der Waals surface area contributed by atoms with Gasteiger partial charge in [-0.05, 0) is 45.1 Å². The minimum atomic E-state index is -0.500. The van der Waals surface area contributed by atoms with E-state index in [-0.39, 0.29) is 23.8 Å². The molecule has 1 atom stereocenters. The second-order valence-corrected chi connectivity index (χ2v) is 8.87. The Balaban J connectivity index is 2.05. The van der Waals surface area contributed by atoms with Gasteiger partial charge in [0.05, 0.1) is 28.0 Å². The summed E-state index contributed by atoms with van der Waals surface area (Å²) in [6.07, 6.45) is 1.82. The van der Waals surface area contributed by atoms with Crippen LogP contribution in [0.2, 0.25) is 10.0 Å². The van der Waals surface area contributed by atoms with Gasteiger partial charge in [-0.25, -0.2) is 14.8 Å². The summed E-state index contributed by atoms with van der Waals surface area (Å²) in [5.41, 5.74) is 8.28. The number of piperidine rings is 1. The number of halogens is 2. The zero-order valence-corrected chi connectivity index (χ0v) is 19.3. The third kappa shape index (κ3) is 4.41. The summed E-state index contributed by atoms with van der Waals surface area (Å²) in [6, 6.07) is 5.42. The topological polar surface area (TPSA) is 81.3 Å². The van der Waals surface area contributed by atoms with E-state index in [9.17, 15) is 4.79 Å². The second-order valence-electron chi connectivity index (χ2n) is 8.08. The number of ether oxygens (including phenoxy) is 1. The summed E-state index contributed by atoms with van der Waals surface area (Å²) in [5.74, 6) is 0.0412. The minimum Gasteiger partial charge on any atom is -0.461 e. The highest BCUT2D eigenvalue weighted by Gasteiger charge is 2.35. The maximum absolute atomic E-state index is 12.8. The Labute approximate surface area is 187 Å². The van der Waals surface area contributed by atoms with Crippen molar-refractivity contribution < 1.29 is 9.53 Å². The Bertz CT molecular complexity index is 941. The molecule has 6 nitrogen and oxygen atoms in total. The van der Waals surface area contributed by atoms with Gasteiger partial charge in [0.2, 0.25) is 0 Å². The third-order valence-corrected chi connectivity index (χ3v) is 6.85. The van der Waals surface area contributed by atoms with Gasteiger partial charge < -0.3 is 15.4 Å². The smallest absolute Gasteiger partial charge is 0.360 e. The summed E-state index contributed by atoms with van der Waals surface area (Å²) in [6.45, 7) is 9.63. The lowest BCUT2D eigenvalue weighted by atomic mass is 9.75. The van der Waals surface area contributed by atoms with Crippen molar-refractivity contribution in [1.29, 1.82) is 0 Å². The van der Waals surface area contributed by atoms with Crippen LogP contribution in [-0.2, 0) is 4.74 Å². The quantitative estimate of drug-likeness (QED) is 0.652. The highest BCUT2D eigenvalue weighted by molar-refractivity contribution is 6.43. The van der Waals surface area contributed by atoms with Crippen LogP contribution in [0.4, 0.5) is 5.82 Å². The molecule has 8 heteroatoms. The van der Waals surface area contributed by atoms with Gasteiger partial charge in [0.25, 0.3) is 0 Å². The van der Waals surface area contributed by atoms with Crippen molar-refractivity contribution in [2.75, 3.05) is 24.6 Å². The Morgan fingerprint density at radius 2 is 1.97 bits per heavy atom. The van der Waals surface area contributed by atoms with Gasteiger partial charge in [0, 0.05) is 24.7 Å². The van der Waals surface area contributed by atoms with Crippen LogP contribution < -0.4 is 10.6 Å². The number of esters is 1. The number of rotatable bonds is 5. The number of benzene rings is 1. The Kier molecular flexibility index (Phi) is 6.90. The molecular formula is C22H28Cl2N4O2. The lowest BCUT2D eigenvalue weighted by Gasteiger charge is -2.42. The molecular weight excluding hydrogens is 423 g/mol. The predicted molar refractivity (Wildman–Crippen MR) is 121 cm³/mol. The molecule has 0 spiro atoms. The first kappa shape index (κ1) is 22.8. The zero-order chi connectivity index (χ0) is 22.1. The molecule has 1 unspecified atom stereocenters. The van der Waals surface area contributed by atoms with Gasteiger partial charge in [-0.3, -0.25) is 0 Å². The number of nitrogens with two attached hydrogens (primary N) is 1. The van der Waals surface area contributed by atoms with E-state index in [2.05, 4.69) is 16.8 Å². The average molecular weight is 451 g/mol. The van der Waals surface area contributed by atoms with Crippen molar-refractivity contribution in [3.63, 3.8) is 0 Å². The zero-order valence-electron chi connectivity index (χ0n) is 17.8. The van der Waals surface area contributed by atoms with Crippen LogP contribution in [0.25, 0.3) is 11.3 Å². The number of nitrogens with zero attached hydrogens (tertiary/aromatic N) is 3. The van der Waals surface area contributed by atoms with Crippen LogP contribution in [0, 0.1) is 12.3 Å². The van der Waals surface area contributed by atoms with Gasteiger partial charge in [-0.15, -0.1) is 0 Å². The first-order chi connectivity index (χ1) is 14.2. The third-order valence-electron chi connectivity index (χ3n) is 6.03. The molecule has 1 aromatic heterocycles. The number of carbonyl (C=O) groups is 1. The van der Waals surface area contributed by atoms with Crippen LogP contribution in [0.3, 0.4) is 0 Å². The standard InChI is InChI=1S/C22H28Cl2N4O2/c1-5-30-21(29)19-20(28-11-9-22(4,10-12-28)14(3)25)26-13(2)18(27-19)15-7-6-8-16(23)17(15)24/h6-8,14H,5,9-12,25H2,1-4H3. The van der Waals surface area contributed by atoms with E-state index >= 15 is 0 Å². The summed E-state index contributed by atoms with van der Waals surface area (Å²) in [5, 5.41) is 0.799. The summed E-state index contributed by atoms with van der Waals surface area (Å²) in [7, 11) is 0. The van der Waals surface area contributed by atoms with Crippen LogP contribution in [-0.4, -0.2) is 41.7 Å². The first-order valence-electron chi connectivity index (χ1n) is 10.2. The number of hydrogen-bond donors (Lipinski definition) is 1. The first-order valence-corrected chi connectivity index (χ1v) is 10.9. The molecule has 1 aromatic carbocycles. The molecule has 162 valence electrons. The van der Waals surface area contributed by atoms with Gasteiger partial charge >= 0.3 is 5.97 Å². The summed E-state index contributed by atoms with van der Waals surface area (Å²) < 4.78 is 5.28. The van der Waals surface area contributed by atoms with Crippen LogP contribution in [0.15, 0.2) is 18.2 Å². The molecule has 1 aliphatic heterocycles. The molecule has 0 radical (unpaired) electrons. The molecule has 2 aromatic rings. The van der Waals surface area contributed by atoms with Crippen molar-refractivity contribution in [3.05, 3.63) is 39.6 Å². The molecule has 0 amide bonds. The number of hydrogen-bond acceptors (Lipinski definition) is 6. The molecule has 0 bridgehead atoms. The molecule has 3 rings (SSSR count). The van der Waals surface area contributed by atoms with Crippen LogP contribution in [0.1, 0.15) is 49.8 Å². The molecule has 1 fully saturated rings. The normalized spacial score (nSPS) is 17.0.